The number of hydrogen-bond acceptors (Lipinski definition) is 1. The highest BCUT2D eigenvalue weighted by molar-refractivity contribution is 6.30. The van der Waals surface area contributed by atoms with Crippen molar-refractivity contribution in [3.63, 3.8) is 0 Å². The summed E-state index contributed by atoms with van der Waals surface area (Å²) in [5.74, 6) is 0.869. The Morgan fingerprint density at radius 2 is 2.06 bits per heavy atom. The third kappa shape index (κ3) is 3.23. The molecule has 0 heterocycles. The summed E-state index contributed by atoms with van der Waals surface area (Å²) < 4.78 is 0. The van der Waals surface area contributed by atoms with Gasteiger partial charge in [0.05, 0.1) is 0 Å². The van der Waals surface area contributed by atoms with Crippen LogP contribution in [0.2, 0.25) is 5.02 Å². The van der Waals surface area contributed by atoms with Crippen molar-refractivity contribution in [2.75, 3.05) is 6.54 Å². The molecule has 0 atom stereocenters. The molecule has 1 aromatic rings. The first-order valence-corrected chi connectivity index (χ1v) is 6.96. The predicted octanol–water partition coefficient (Wildman–Crippen LogP) is 4.04. The van der Waals surface area contributed by atoms with E-state index in [0.717, 1.165) is 23.9 Å². The number of hydrogen-bond donors (Lipinski definition) is 1. The Kier molecular flexibility index (Phi) is 4.11. The van der Waals surface area contributed by atoms with Gasteiger partial charge in [-0.3, -0.25) is 0 Å². The van der Waals surface area contributed by atoms with Crippen LogP contribution in [0.4, 0.5) is 0 Å². The molecule has 0 spiro atoms. The highest BCUT2D eigenvalue weighted by atomic mass is 35.5. The number of halogens is 1. The minimum absolute atomic E-state index is 0.317. The maximum Gasteiger partial charge on any atom is 0.0408 e. The van der Waals surface area contributed by atoms with E-state index in [1.54, 1.807) is 0 Å². The van der Waals surface area contributed by atoms with E-state index in [1.165, 1.54) is 31.2 Å². The first-order chi connectivity index (χ1) is 8.13. The van der Waals surface area contributed by atoms with Crippen LogP contribution in [0, 0.1) is 11.3 Å². The van der Waals surface area contributed by atoms with Crippen LogP contribution in [-0.2, 0) is 6.42 Å². The van der Waals surface area contributed by atoms with Crippen molar-refractivity contribution < 1.29 is 0 Å². The summed E-state index contributed by atoms with van der Waals surface area (Å²) in [5, 5.41) is 0.832. The van der Waals surface area contributed by atoms with Gasteiger partial charge in [0, 0.05) is 5.02 Å². The molecule has 0 aliphatic heterocycles. The zero-order chi connectivity index (χ0) is 12.3. The fraction of sp³-hybridized carbons (Fsp3) is 0.600. The summed E-state index contributed by atoms with van der Waals surface area (Å²) in [5.41, 5.74) is 7.68. The fourth-order valence-electron chi connectivity index (χ4n) is 2.91. The van der Waals surface area contributed by atoms with Crippen molar-refractivity contribution in [1.82, 2.24) is 0 Å². The van der Waals surface area contributed by atoms with Gasteiger partial charge in [-0.05, 0) is 54.8 Å². The zero-order valence-electron chi connectivity index (χ0n) is 10.6. The molecule has 1 fully saturated rings. The zero-order valence-corrected chi connectivity index (χ0v) is 11.3. The third-order valence-corrected chi connectivity index (χ3v) is 4.47. The fourth-order valence-corrected chi connectivity index (χ4v) is 3.12. The van der Waals surface area contributed by atoms with Crippen molar-refractivity contribution in [2.45, 2.75) is 39.0 Å². The monoisotopic (exact) mass is 251 g/mol. The van der Waals surface area contributed by atoms with Gasteiger partial charge < -0.3 is 5.73 Å². The van der Waals surface area contributed by atoms with Gasteiger partial charge >= 0.3 is 0 Å². The lowest BCUT2D eigenvalue weighted by molar-refractivity contribution is 0.163. The highest BCUT2D eigenvalue weighted by Crippen LogP contribution is 2.40. The number of benzene rings is 1. The van der Waals surface area contributed by atoms with Crippen molar-refractivity contribution in [1.29, 1.82) is 0 Å². The van der Waals surface area contributed by atoms with E-state index in [0.29, 0.717) is 5.41 Å². The molecule has 1 aromatic carbocycles. The van der Waals surface area contributed by atoms with Crippen LogP contribution in [0.5, 0.6) is 0 Å². The van der Waals surface area contributed by atoms with Crippen LogP contribution < -0.4 is 5.73 Å². The van der Waals surface area contributed by atoms with Crippen LogP contribution in [0.3, 0.4) is 0 Å². The second kappa shape index (κ2) is 5.41. The van der Waals surface area contributed by atoms with E-state index in [2.05, 4.69) is 19.1 Å². The smallest absolute Gasteiger partial charge is 0.0408 e. The van der Waals surface area contributed by atoms with E-state index in [9.17, 15) is 0 Å². The molecule has 0 bridgehead atoms. The topological polar surface area (TPSA) is 26.0 Å². The van der Waals surface area contributed by atoms with Gasteiger partial charge in [0.15, 0.2) is 0 Å². The minimum Gasteiger partial charge on any atom is -0.330 e. The molecule has 17 heavy (non-hydrogen) atoms. The first-order valence-electron chi connectivity index (χ1n) is 6.58. The molecule has 1 nitrogen and oxygen atoms in total. The van der Waals surface area contributed by atoms with Crippen LogP contribution in [0.1, 0.15) is 38.2 Å². The van der Waals surface area contributed by atoms with Crippen molar-refractivity contribution >= 4 is 11.6 Å². The molecule has 2 rings (SSSR count). The molecule has 0 aromatic heterocycles. The molecule has 1 aliphatic carbocycles. The molecule has 0 saturated heterocycles. The standard InChI is InChI=1S/C15H22ClN/c1-12-5-7-15(11-17,8-6-12)10-13-3-2-4-14(16)9-13/h2-4,9,12H,5-8,10-11,17H2,1H3. The Hall–Kier alpha value is -0.530. The lowest BCUT2D eigenvalue weighted by Gasteiger charge is -2.39. The van der Waals surface area contributed by atoms with Gasteiger partial charge in [0.25, 0.3) is 0 Å². The molecule has 0 unspecified atom stereocenters. The van der Waals surface area contributed by atoms with Crippen LogP contribution in [0.15, 0.2) is 24.3 Å². The molecule has 2 N–H and O–H groups in total. The van der Waals surface area contributed by atoms with E-state index >= 15 is 0 Å². The van der Waals surface area contributed by atoms with Gasteiger partial charge in [0.1, 0.15) is 0 Å². The van der Waals surface area contributed by atoms with Gasteiger partial charge in [-0.25, -0.2) is 0 Å². The van der Waals surface area contributed by atoms with Crippen molar-refractivity contribution in [3.05, 3.63) is 34.9 Å². The Morgan fingerprint density at radius 1 is 1.35 bits per heavy atom. The van der Waals surface area contributed by atoms with Crippen LogP contribution in [-0.4, -0.2) is 6.54 Å². The molecule has 94 valence electrons. The second-order valence-corrected chi connectivity index (χ2v) is 6.13. The van der Waals surface area contributed by atoms with E-state index in [-0.39, 0.29) is 0 Å². The number of nitrogens with two attached hydrogens (primary N) is 1. The molecule has 0 radical (unpaired) electrons. The molecule has 2 heteroatoms. The summed E-state index contributed by atoms with van der Waals surface area (Å²) >= 11 is 6.04. The van der Waals surface area contributed by atoms with Crippen LogP contribution >= 0.6 is 11.6 Å². The summed E-state index contributed by atoms with van der Waals surface area (Å²) in [7, 11) is 0. The van der Waals surface area contributed by atoms with Crippen molar-refractivity contribution in [2.24, 2.45) is 17.1 Å². The summed E-state index contributed by atoms with van der Waals surface area (Å²) in [6.45, 7) is 3.14. The lowest BCUT2D eigenvalue weighted by atomic mass is 9.68. The summed E-state index contributed by atoms with van der Waals surface area (Å²) in [4.78, 5) is 0. The molecule has 1 aliphatic rings. The van der Waals surface area contributed by atoms with Crippen LogP contribution in [0.25, 0.3) is 0 Å². The Balaban J connectivity index is 2.09. The largest absolute Gasteiger partial charge is 0.330 e. The third-order valence-electron chi connectivity index (χ3n) is 4.24. The summed E-state index contributed by atoms with van der Waals surface area (Å²) in [6, 6.07) is 8.22. The lowest BCUT2D eigenvalue weighted by Crippen LogP contribution is -2.36. The Bertz CT molecular complexity index is 367. The van der Waals surface area contributed by atoms with Gasteiger partial charge in [-0.1, -0.05) is 43.5 Å². The van der Waals surface area contributed by atoms with Gasteiger partial charge in [-0.15, -0.1) is 0 Å². The van der Waals surface area contributed by atoms with E-state index in [4.69, 9.17) is 17.3 Å². The highest BCUT2D eigenvalue weighted by Gasteiger charge is 2.32. The molecule has 1 saturated carbocycles. The maximum atomic E-state index is 6.04. The Morgan fingerprint density at radius 3 is 2.65 bits per heavy atom. The second-order valence-electron chi connectivity index (χ2n) is 5.69. The number of rotatable bonds is 3. The maximum absolute atomic E-state index is 6.04. The Labute approximate surface area is 109 Å². The summed E-state index contributed by atoms with van der Waals surface area (Å²) in [6.07, 6.45) is 6.24. The first kappa shape index (κ1) is 12.9. The normalized spacial score (nSPS) is 29.2. The molecule has 0 amide bonds. The molecular formula is C15H22ClN. The van der Waals surface area contributed by atoms with Gasteiger partial charge in [-0.2, -0.15) is 0 Å². The predicted molar refractivity (Wildman–Crippen MR) is 74.3 cm³/mol. The van der Waals surface area contributed by atoms with Crippen molar-refractivity contribution in [3.8, 4) is 0 Å². The van der Waals surface area contributed by atoms with Gasteiger partial charge in [0.2, 0.25) is 0 Å². The average Bonchev–Trinajstić information content (AvgIpc) is 2.33. The minimum atomic E-state index is 0.317. The molecular weight excluding hydrogens is 230 g/mol. The van der Waals surface area contributed by atoms with E-state index in [1.807, 2.05) is 12.1 Å². The van der Waals surface area contributed by atoms with E-state index < -0.39 is 0 Å². The average molecular weight is 252 g/mol. The quantitative estimate of drug-likeness (QED) is 0.862. The SMILES string of the molecule is CC1CCC(CN)(Cc2cccc(Cl)c2)CC1.